The van der Waals surface area contributed by atoms with E-state index in [4.69, 9.17) is 0 Å². The highest BCUT2D eigenvalue weighted by molar-refractivity contribution is 7.91. The van der Waals surface area contributed by atoms with Crippen LogP contribution >= 0.6 is 0 Å². The molecule has 17 heavy (non-hydrogen) atoms. The second kappa shape index (κ2) is 7.34. The van der Waals surface area contributed by atoms with Crippen molar-refractivity contribution >= 4 is 9.84 Å². The summed E-state index contributed by atoms with van der Waals surface area (Å²) in [4.78, 5) is 0. The van der Waals surface area contributed by atoms with Crippen molar-refractivity contribution in [2.45, 2.75) is 32.6 Å². The zero-order chi connectivity index (χ0) is 12.7. The third-order valence-corrected chi connectivity index (χ3v) is 5.44. The van der Waals surface area contributed by atoms with Gasteiger partial charge in [-0.2, -0.15) is 0 Å². The Balaban J connectivity index is 2.21. The minimum absolute atomic E-state index is 0.220. The zero-order valence-corrected chi connectivity index (χ0v) is 11.5. The fourth-order valence-electron chi connectivity index (χ4n) is 2.45. The van der Waals surface area contributed by atoms with E-state index in [9.17, 15) is 13.5 Å². The van der Waals surface area contributed by atoms with Crippen LogP contribution in [0.2, 0.25) is 0 Å². The van der Waals surface area contributed by atoms with Crippen LogP contribution < -0.4 is 5.32 Å². The molecule has 2 N–H and O–H groups in total. The van der Waals surface area contributed by atoms with E-state index in [0.717, 1.165) is 19.4 Å². The number of sulfone groups is 1. The van der Waals surface area contributed by atoms with Gasteiger partial charge < -0.3 is 10.4 Å². The van der Waals surface area contributed by atoms with Crippen molar-refractivity contribution in [3.63, 3.8) is 0 Å². The number of aliphatic hydroxyl groups is 1. The molecule has 0 bridgehead atoms. The first-order valence-electron chi connectivity index (χ1n) is 6.61. The highest BCUT2D eigenvalue weighted by atomic mass is 32.2. The van der Waals surface area contributed by atoms with E-state index in [2.05, 4.69) is 5.32 Å². The average molecular weight is 263 g/mol. The van der Waals surface area contributed by atoms with Gasteiger partial charge in [0.15, 0.2) is 9.84 Å². The standard InChI is InChI=1S/C12H25NO3S/c1-2-17(15,16)8-7-13-9-11-5-3-4-6-12(11)10-14/h11-14H,2-10H2,1H3. The van der Waals surface area contributed by atoms with Crippen molar-refractivity contribution in [3.05, 3.63) is 0 Å². The quantitative estimate of drug-likeness (QED) is 0.667. The second-order valence-corrected chi connectivity index (χ2v) is 7.40. The Labute approximate surface area is 105 Å². The third kappa shape index (κ3) is 5.36. The lowest BCUT2D eigenvalue weighted by Gasteiger charge is -2.30. The molecular weight excluding hydrogens is 238 g/mol. The molecule has 4 nitrogen and oxygen atoms in total. The van der Waals surface area contributed by atoms with Gasteiger partial charge >= 0.3 is 0 Å². The molecule has 1 fully saturated rings. The number of rotatable bonds is 7. The van der Waals surface area contributed by atoms with Crippen LogP contribution in [-0.4, -0.2) is 44.7 Å². The molecule has 1 saturated carbocycles. The SMILES string of the molecule is CCS(=O)(=O)CCNCC1CCCCC1CO. The molecule has 2 atom stereocenters. The summed E-state index contributed by atoms with van der Waals surface area (Å²) in [6.07, 6.45) is 4.71. The number of hydrogen-bond acceptors (Lipinski definition) is 4. The minimum Gasteiger partial charge on any atom is -0.396 e. The molecule has 2 unspecified atom stereocenters. The molecule has 0 radical (unpaired) electrons. The van der Waals surface area contributed by atoms with Gasteiger partial charge in [0.05, 0.1) is 5.75 Å². The first-order valence-corrected chi connectivity index (χ1v) is 8.43. The summed E-state index contributed by atoms with van der Waals surface area (Å²) >= 11 is 0. The Morgan fingerprint density at radius 1 is 1.24 bits per heavy atom. The van der Waals surface area contributed by atoms with E-state index in [1.807, 2.05) is 0 Å². The molecule has 1 aliphatic rings. The van der Waals surface area contributed by atoms with Gasteiger partial charge in [-0.1, -0.05) is 19.8 Å². The van der Waals surface area contributed by atoms with Crippen molar-refractivity contribution < 1.29 is 13.5 Å². The monoisotopic (exact) mass is 263 g/mol. The van der Waals surface area contributed by atoms with E-state index < -0.39 is 9.84 Å². The first kappa shape index (κ1) is 14.9. The van der Waals surface area contributed by atoms with Gasteiger partial charge in [-0.3, -0.25) is 0 Å². The fraction of sp³-hybridized carbons (Fsp3) is 1.00. The molecule has 0 aliphatic heterocycles. The topological polar surface area (TPSA) is 66.4 Å². The van der Waals surface area contributed by atoms with Crippen molar-refractivity contribution in [1.82, 2.24) is 5.32 Å². The van der Waals surface area contributed by atoms with E-state index >= 15 is 0 Å². The summed E-state index contributed by atoms with van der Waals surface area (Å²) in [6, 6.07) is 0. The predicted octanol–water partition coefficient (Wildman–Crippen LogP) is 0.809. The van der Waals surface area contributed by atoms with Gasteiger partial charge in [-0.05, 0) is 31.2 Å². The molecule has 0 spiro atoms. The van der Waals surface area contributed by atoms with Gasteiger partial charge in [-0.25, -0.2) is 8.42 Å². The lowest BCUT2D eigenvalue weighted by Crippen LogP contribution is -2.34. The van der Waals surface area contributed by atoms with Gasteiger partial charge in [0, 0.05) is 18.9 Å². The summed E-state index contributed by atoms with van der Waals surface area (Å²) in [5.74, 6) is 1.36. The Kier molecular flexibility index (Phi) is 6.44. The maximum Gasteiger partial charge on any atom is 0.151 e. The van der Waals surface area contributed by atoms with Crippen LogP contribution in [0.15, 0.2) is 0 Å². The molecule has 0 aromatic rings. The summed E-state index contributed by atoms with van der Waals surface area (Å²) < 4.78 is 22.6. The Hall–Kier alpha value is -0.130. The lowest BCUT2D eigenvalue weighted by atomic mass is 9.80. The smallest absolute Gasteiger partial charge is 0.151 e. The molecule has 1 aliphatic carbocycles. The Morgan fingerprint density at radius 2 is 1.88 bits per heavy atom. The van der Waals surface area contributed by atoms with Crippen molar-refractivity contribution in [2.75, 3.05) is 31.2 Å². The summed E-state index contributed by atoms with van der Waals surface area (Å²) in [6.45, 7) is 3.31. The minimum atomic E-state index is -2.85. The molecule has 0 aromatic carbocycles. The van der Waals surface area contributed by atoms with E-state index in [0.29, 0.717) is 18.4 Å². The highest BCUT2D eigenvalue weighted by Crippen LogP contribution is 2.28. The maximum absolute atomic E-state index is 11.3. The van der Waals surface area contributed by atoms with Crippen molar-refractivity contribution in [3.8, 4) is 0 Å². The summed E-state index contributed by atoms with van der Waals surface area (Å²) in [5.41, 5.74) is 0. The molecule has 0 heterocycles. The van der Waals surface area contributed by atoms with Crippen molar-refractivity contribution in [1.29, 1.82) is 0 Å². The van der Waals surface area contributed by atoms with Crippen LogP contribution in [0.25, 0.3) is 0 Å². The number of hydrogen-bond donors (Lipinski definition) is 2. The highest BCUT2D eigenvalue weighted by Gasteiger charge is 2.23. The van der Waals surface area contributed by atoms with Crippen LogP contribution in [0.5, 0.6) is 0 Å². The van der Waals surface area contributed by atoms with E-state index in [-0.39, 0.29) is 18.1 Å². The zero-order valence-electron chi connectivity index (χ0n) is 10.7. The summed E-state index contributed by atoms with van der Waals surface area (Å²) in [5, 5.41) is 12.5. The van der Waals surface area contributed by atoms with Gasteiger partial charge in [0.2, 0.25) is 0 Å². The fourth-order valence-corrected chi connectivity index (χ4v) is 3.20. The number of aliphatic hydroxyl groups excluding tert-OH is 1. The third-order valence-electron chi connectivity index (χ3n) is 3.74. The van der Waals surface area contributed by atoms with Gasteiger partial charge in [0.25, 0.3) is 0 Å². The maximum atomic E-state index is 11.3. The van der Waals surface area contributed by atoms with Gasteiger partial charge in [-0.15, -0.1) is 0 Å². The molecular formula is C12H25NO3S. The lowest BCUT2D eigenvalue weighted by molar-refractivity contribution is 0.133. The summed E-state index contributed by atoms with van der Waals surface area (Å²) in [7, 11) is -2.85. The van der Waals surface area contributed by atoms with E-state index in [1.54, 1.807) is 6.92 Å². The molecule has 1 rings (SSSR count). The normalized spacial score (nSPS) is 26.0. The van der Waals surface area contributed by atoms with Crippen LogP contribution in [0, 0.1) is 11.8 Å². The van der Waals surface area contributed by atoms with Crippen LogP contribution in [-0.2, 0) is 9.84 Å². The van der Waals surface area contributed by atoms with Crippen molar-refractivity contribution in [2.24, 2.45) is 11.8 Å². The Bertz CT molecular complexity index is 303. The predicted molar refractivity (Wildman–Crippen MR) is 69.7 cm³/mol. The molecule has 102 valence electrons. The molecule has 5 heteroatoms. The van der Waals surface area contributed by atoms with Crippen LogP contribution in [0.3, 0.4) is 0 Å². The van der Waals surface area contributed by atoms with Crippen LogP contribution in [0.1, 0.15) is 32.6 Å². The average Bonchev–Trinajstić information content (AvgIpc) is 2.35. The molecule has 0 amide bonds. The Morgan fingerprint density at radius 3 is 2.47 bits per heavy atom. The van der Waals surface area contributed by atoms with Crippen LogP contribution in [0.4, 0.5) is 0 Å². The second-order valence-electron chi connectivity index (χ2n) is 4.93. The van der Waals surface area contributed by atoms with E-state index in [1.165, 1.54) is 12.8 Å². The largest absolute Gasteiger partial charge is 0.396 e. The van der Waals surface area contributed by atoms with Gasteiger partial charge in [0.1, 0.15) is 0 Å². The molecule has 0 aromatic heterocycles. The first-order chi connectivity index (χ1) is 8.09. The number of nitrogens with one attached hydrogen (secondary N) is 1. The molecule has 0 saturated heterocycles.